The lowest BCUT2D eigenvalue weighted by molar-refractivity contribution is -0.115. The van der Waals surface area contributed by atoms with Crippen molar-refractivity contribution in [3.8, 4) is 0 Å². The molecule has 1 amide bonds. The first-order valence-electron chi connectivity index (χ1n) is 4.63. The van der Waals surface area contributed by atoms with Gasteiger partial charge in [0.2, 0.25) is 5.78 Å². The smallest absolute Gasteiger partial charge is 0.260 e. The number of nitrogens with one attached hydrogen (secondary N) is 1. The van der Waals surface area contributed by atoms with Crippen molar-refractivity contribution in [2.24, 2.45) is 0 Å². The molecule has 1 aliphatic rings. The molecule has 0 aromatic carbocycles. The van der Waals surface area contributed by atoms with Crippen molar-refractivity contribution in [2.45, 2.75) is 6.92 Å². The van der Waals surface area contributed by atoms with E-state index in [1.54, 1.807) is 12.1 Å². The first kappa shape index (κ1) is 10.2. The number of Topliss-reactive ketones (excluding diaryl/α,β-unsaturated/α-hetero) is 1. The third-order valence-electron chi connectivity index (χ3n) is 2.12. The minimum Gasteiger partial charge on any atom is -0.306 e. The van der Waals surface area contributed by atoms with Gasteiger partial charge in [0.05, 0.1) is 11.1 Å². The number of rotatable bonds is 1. The highest BCUT2D eigenvalue weighted by molar-refractivity contribution is 6.35. The summed E-state index contributed by atoms with van der Waals surface area (Å²) in [5, 5.41) is 2.45. The number of carbonyl (C=O) groups is 3. The van der Waals surface area contributed by atoms with Crippen LogP contribution in [0.1, 0.15) is 17.3 Å². The molecule has 5 nitrogen and oxygen atoms in total. The van der Waals surface area contributed by atoms with E-state index >= 15 is 0 Å². The summed E-state index contributed by atoms with van der Waals surface area (Å²) in [6, 6.07) is 3.15. The zero-order valence-electron chi connectivity index (χ0n) is 8.48. The van der Waals surface area contributed by atoms with Crippen LogP contribution >= 0.6 is 0 Å². The van der Waals surface area contributed by atoms with Crippen LogP contribution in [0.4, 0.5) is 5.82 Å². The average Bonchev–Trinajstić information content (AvgIpc) is 2.24. The maximum atomic E-state index is 11.8. The molecule has 1 aromatic rings. The van der Waals surface area contributed by atoms with Crippen molar-refractivity contribution in [1.82, 2.24) is 4.98 Å². The second-order valence-electron chi connectivity index (χ2n) is 3.35. The molecule has 2 rings (SSSR count). The van der Waals surface area contributed by atoms with E-state index in [-0.39, 0.29) is 17.2 Å². The zero-order chi connectivity index (χ0) is 11.7. The second-order valence-corrected chi connectivity index (χ2v) is 3.35. The van der Waals surface area contributed by atoms with Gasteiger partial charge in [-0.2, -0.15) is 0 Å². The summed E-state index contributed by atoms with van der Waals surface area (Å²) < 4.78 is 0. The van der Waals surface area contributed by atoms with Crippen LogP contribution in [0, 0.1) is 0 Å². The minimum atomic E-state index is -0.591. The third kappa shape index (κ3) is 1.63. The molecule has 0 unspecified atom stereocenters. The maximum absolute atomic E-state index is 11.8. The predicted molar refractivity (Wildman–Crippen MR) is 56.0 cm³/mol. The minimum absolute atomic E-state index is 0.145. The van der Waals surface area contributed by atoms with Gasteiger partial charge in [-0.25, -0.2) is 4.98 Å². The number of ketones is 2. The monoisotopic (exact) mass is 216 g/mol. The Morgan fingerprint density at radius 1 is 1.44 bits per heavy atom. The van der Waals surface area contributed by atoms with Crippen LogP contribution in [0.2, 0.25) is 0 Å². The van der Waals surface area contributed by atoms with Crippen LogP contribution in [0.5, 0.6) is 0 Å². The number of amides is 1. The van der Waals surface area contributed by atoms with Gasteiger partial charge in [-0.3, -0.25) is 14.4 Å². The molecule has 0 atom stereocenters. The Balaban J connectivity index is 2.54. The van der Waals surface area contributed by atoms with Crippen molar-refractivity contribution >= 4 is 23.3 Å². The van der Waals surface area contributed by atoms with Gasteiger partial charge in [-0.1, -0.05) is 0 Å². The number of allylic oxidation sites excluding steroid dienone is 1. The number of nitrogens with zero attached hydrogens (tertiary/aromatic N) is 1. The molecular formula is C11H8N2O3. The van der Waals surface area contributed by atoms with Gasteiger partial charge < -0.3 is 5.32 Å². The van der Waals surface area contributed by atoms with Crippen molar-refractivity contribution in [1.29, 1.82) is 0 Å². The molecule has 1 N–H and O–H groups in total. The lowest BCUT2D eigenvalue weighted by Crippen LogP contribution is -2.28. The quantitative estimate of drug-likeness (QED) is 0.554. The van der Waals surface area contributed by atoms with Gasteiger partial charge in [0.25, 0.3) is 5.91 Å². The second kappa shape index (κ2) is 3.69. The molecule has 0 radical (unpaired) electrons. The number of aromatic nitrogens is 1. The molecule has 0 aliphatic carbocycles. The molecule has 16 heavy (non-hydrogen) atoms. The van der Waals surface area contributed by atoms with Crippen molar-refractivity contribution in [3.63, 3.8) is 0 Å². The molecule has 0 saturated heterocycles. The van der Waals surface area contributed by atoms with Crippen LogP contribution in [0.15, 0.2) is 30.0 Å². The van der Waals surface area contributed by atoms with E-state index in [0.717, 1.165) is 6.08 Å². The van der Waals surface area contributed by atoms with Crippen LogP contribution in [0.3, 0.4) is 0 Å². The Morgan fingerprint density at radius 3 is 2.88 bits per heavy atom. The molecule has 0 saturated carbocycles. The van der Waals surface area contributed by atoms with E-state index in [0.29, 0.717) is 5.56 Å². The van der Waals surface area contributed by atoms with Crippen molar-refractivity contribution < 1.29 is 14.4 Å². The lowest BCUT2D eigenvalue weighted by atomic mass is 9.99. The first-order chi connectivity index (χ1) is 7.59. The molecule has 2 heterocycles. The van der Waals surface area contributed by atoms with Gasteiger partial charge >= 0.3 is 0 Å². The average molecular weight is 216 g/mol. The number of anilines is 1. The summed E-state index contributed by atoms with van der Waals surface area (Å²) in [5.74, 6) is -1.17. The fraction of sp³-hybridized carbons (Fsp3) is 0.0909. The summed E-state index contributed by atoms with van der Waals surface area (Å²) in [7, 11) is 0. The fourth-order valence-corrected chi connectivity index (χ4v) is 1.45. The first-order valence-corrected chi connectivity index (χ1v) is 4.63. The molecule has 0 bridgehead atoms. The van der Waals surface area contributed by atoms with Gasteiger partial charge in [0.1, 0.15) is 5.82 Å². The molecule has 1 aliphatic heterocycles. The highest BCUT2D eigenvalue weighted by Crippen LogP contribution is 2.22. The summed E-state index contributed by atoms with van der Waals surface area (Å²) >= 11 is 0. The van der Waals surface area contributed by atoms with Crippen LogP contribution < -0.4 is 5.32 Å². The normalized spacial score (nSPS) is 16.9. The molecular weight excluding hydrogens is 208 g/mol. The van der Waals surface area contributed by atoms with Gasteiger partial charge in [-0.15, -0.1) is 0 Å². The number of carbonyl (C=O) groups excluding carboxylic acids is 3. The van der Waals surface area contributed by atoms with E-state index in [4.69, 9.17) is 0 Å². The Hall–Kier alpha value is -2.30. The van der Waals surface area contributed by atoms with E-state index in [1.807, 2.05) is 0 Å². The largest absolute Gasteiger partial charge is 0.306 e. The number of hydrogen-bond donors (Lipinski definition) is 1. The summed E-state index contributed by atoms with van der Waals surface area (Å²) in [6.45, 7) is 1.28. The Kier molecular flexibility index (Phi) is 2.36. The lowest BCUT2D eigenvalue weighted by Gasteiger charge is -2.16. The highest BCUT2D eigenvalue weighted by atomic mass is 16.2. The van der Waals surface area contributed by atoms with E-state index in [9.17, 15) is 14.4 Å². The summed E-state index contributed by atoms with van der Waals surface area (Å²) in [6.07, 6.45) is 2.51. The molecule has 5 heteroatoms. The van der Waals surface area contributed by atoms with Crippen LogP contribution in [0.25, 0.3) is 0 Å². The predicted octanol–water partition coefficient (Wildman–Crippen LogP) is 0.732. The Morgan fingerprint density at radius 2 is 2.19 bits per heavy atom. The zero-order valence-corrected chi connectivity index (χ0v) is 8.48. The van der Waals surface area contributed by atoms with Gasteiger partial charge in [-0.05, 0) is 25.1 Å². The van der Waals surface area contributed by atoms with Crippen LogP contribution in [-0.4, -0.2) is 22.5 Å². The standard InChI is InChI=1S/C11H8N2O3/c1-6(14)5-8-9(15)7-3-2-4-12-10(7)13-11(8)16/h2-5H,1H3,(H,12,13,16). The van der Waals surface area contributed by atoms with Crippen molar-refractivity contribution in [2.75, 3.05) is 5.32 Å². The fourth-order valence-electron chi connectivity index (χ4n) is 1.45. The SMILES string of the molecule is CC(=O)C=C1C(=O)Nc2ncccc2C1=O. The van der Waals surface area contributed by atoms with E-state index in [1.165, 1.54) is 13.1 Å². The molecule has 80 valence electrons. The molecule has 0 fully saturated rings. The Bertz CT molecular complexity index is 532. The maximum Gasteiger partial charge on any atom is 0.260 e. The highest BCUT2D eigenvalue weighted by Gasteiger charge is 2.29. The topological polar surface area (TPSA) is 76.1 Å². The molecule has 0 spiro atoms. The van der Waals surface area contributed by atoms with Gasteiger partial charge in [0, 0.05) is 6.20 Å². The summed E-state index contributed by atoms with van der Waals surface area (Å²) in [5.41, 5.74) is 0.155. The van der Waals surface area contributed by atoms with Crippen LogP contribution in [-0.2, 0) is 9.59 Å². The summed E-state index contributed by atoms with van der Waals surface area (Å²) in [4.78, 5) is 38.1. The third-order valence-corrected chi connectivity index (χ3v) is 2.12. The Labute approximate surface area is 91.2 Å². The van der Waals surface area contributed by atoms with E-state index in [2.05, 4.69) is 10.3 Å². The van der Waals surface area contributed by atoms with Crippen molar-refractivity contribution in [3.05, 3.63) is 35.5 Å². The number of fused-ring (bicyclic) bond motifs is 1. The number of hydrogen-bond acceptors (Lipinski definition) is 4. The molecule has 1 aromatic heterocycles. The number of pyridine rings is 1. The van der Waals surface area contributed by atoms with Gasteiger partial charge in [0.15, 0.2) is 5.78 Å². The van der Waals surface area contributed by atoms with E-state index < -0.39 is 11.7 Å².